The van der Waals surface area contributed by atoms with E-state index in [-0.39, 0.29) is 17.2 Å². The number of ether oxygens (including phenoxy) is 1. The van der Waals surface area contributed by atoms with Gasteiger partial charge in [-0.2, -0.15) is 5.26 Å². The maximum absolute atomic E-state index is 12.8. The molecule has 0 unspecified atom stereocenters. The number of piperidine rings is 1. The lowest BCUT2D eigenvalue weighted by Crippen LogP contribution is -2.40. The van der Waals surface area contributed by atoms with Crippen LogP contribution in [0.5, 0.6) is 5.75 Å². The molecule has 2 heterocycles. The van der Waals surface area contributed by atoms with Crippen LogP contribution in [0, 0.1) is 25.2 Å². The maximum atomic E-state index is 12.8. The monoisotopic (exact) mass is 387 g/mol. The number of nitrogens with zero attached hydrogens (tertiary/aromatic N) is 3. The lowest BCUT2D eigenvalue weighted by molar-refractivity contribution is 0.171. The molecule has 0 amide bonds. The average molecular weight is 387 g/mol. The van der Waals surface area contributed by atoms with Gasteiger partial charge in [0.2, 0.25) is 0 Å². The first-order valence-electron chi connectivity index (χ1n) is 9.99. The van der Waals surface area contributed by atoms with Gasteiger partial charge in [0.05, 0.1) is 11.2 Å². The van der Waals surface area contributed by atoms with Crippen LogP contribution < -0.4 is 15.2 Å². The third kappa shape index (κ3) is 3.58. The van der Waals surface area contributed by atoms with Crippen molar-refractivity contribution in [1.82, 2.24) is 4.57 Å². The molecular formula is C24H25N3O2. The smallest absolute Gasteiger partial charge is 0.270 e. The highest BCUT2D eigenvalue weighted by Crippen LogP contribution is 2.32. The molecular weight excluding hydrogens is 362 g/mol. The molecule has 1 aliphatic rings. The number of pyridine rings is 1. The van der Waals surface area contributed by atoms with Gasteiger partial charge in [0.15, 0.2) is 0 Å². The molecule has 3 aromatic rings. The minimum absolute atomic E-state index is 0.137. The summed E-state index contributed by atoms with van der Waals surface area (Å²) in [6, 6.07) is 16.3. The molecule has 1 fully saturated rings. The highest BCUT2D eigenvalue weighted by atomic mass is 16.5. The van der Waals surface area contributed by atoms with E-state index in [1.165, 1.54) is 5.56 Å². The zero-order valence-corrected chi connectivity index (χ0v) is 17.1. The van der Waals surface area contributed by atoms with E-state index in [4.69, 9.17) is 4.74 Å². The fourth-order valence-corrected chi connectivity index (χ4v) is 4.15. The van der Waals surface area contributed by atoms with Crippen LogP contribution in [0.25, 0.3) is 10.9 Å². The average Bonchev–Trinajstić information content (AvgIpc) is 2.71. The predicted molar refractivity (Wildman–Crippen MR) is 116 cm³/mol. The topological polar surface area (TPSA) is 58.3 Å². The minimum Gasteiger partial charge on any atom is -0.490 e. The molecule has 0 saturated carbocycles. The van der Waals surface area contributed by atoms with E-state index in [1.54, 1.807) is 11.6 Å². The highest BCUT2D eigenvalue weighted by molar-refractivity contribution is 5.95. The minimum atomic E-state index is -0.239. The van der Waals surface area contributed by atoms with Gasteiger partial charge < -0.3 is 14.2 Å². The number of hydrogen-bond donors (Lipinski definition) is 0. The number of benzene rings is 2. The Labute approximate surface area is 170 Å². The van der Waals surface area contributed by atoms with Crippen LogP contribution in [0.2, 0.25) is 0 Å². The van der Waals surface area contributed by atoms with E-state index in [9.17, 15) is 10.1 Å². The Balaban J connectivity index is 1.64. The van der Waals surface area contributed by atoms with E-state index in [0.29, 0.717) is 0 Å². The van der Waals surface area contributed by atoms with Crippen LogP contribution in [0.3, 0.4) is 0 Å². The van der Waals surface area contributed by atoms with Gasteiger partial charge >= 0.3 is 0 Å². The second-order valence-electron chi connectivity index (χ2n) is 7.84. The Bertz CT molecular complexity index is 1170. The van der Waals surface area contributed by atoms with E-state index < -0.39 is 0 Å². The number of anilines is 1. The first-order valence-corrected chi connectivity index (χ1v) is 9.99. The van der Waals surface area contributed by atoms with Crippen molar-refractivity contribution in [1.29, 1.82) is 5.26 Å². The van der Waals surface area contributed by atoms with Gasteiger partial charge in [-0.05, 0) is 43.7 Å². The summed E-state index contributed by atoms with van der Waals surface area (Å²) in [5.41, 5.74) is 3.90. The van der Waals surface area contributed by atoms with Gasteiger partial charge in [0.1, 0.15) is 23.5 Å². The summed E-state index contributed by atoms with van der Waals surface area (Å²) in [4.78, 5) is 15.0. The zero-order chi connectivity index (χ0) is 20.5. The first-order chi connectivity index (χ1) is 14.0. The van der Waals surface area contributed by atoms with Crippen molar-refractivity contribution < 1.29 is 4.74 Å². The van der Waals surface area contributed by atoms with E-state index in [0.717, 1.165) is 53.8 Å². The highest BCUT2D eigenvalue weighted by Gasteiger charge is 2.26. The van der Waals surface area contributed by atoms with Crippen molar-refractivity contribution in [2.75, 3.05) is 18.0 Å². The second kappa shape index (κ2) is 7.63. The summed E-state index contributed by atoms with van der Waals surface area (Å²) in [6.45, 7) is 5.59. The Hall–Kier alpha value is -3.26. The first kappa shape index (κ1) is 19.1. The van der Waals surface area contributed by atoms with Crippen LogP contribution in [0.4, 0.5) is 5.69 Å². The Kier molecular flexibility index (Phi) is 5.02. The number of aryl methyl sites for hydroxylation is 3. The van der Waals surface area contributed by atoms with Crippen LogP contribution in [-0.2, 0) is 7.05 Å². The Morgan fingerprint density at radius 2 is 1.79 bits per heavy atom. The summed E-state index contributed by atoms with van der Waals surface area (Å²) in [7, 11) is 1.73. The van der Waals surface area contributed by atoms with Crippen molar-refractivity contribution in [3.05, 3.63) is 69.5 Å². The van der Waals surface area contributed by atoms with Crippen LogP contribution in [-0.4, -0.2) is 23.8 Å². The van der Waals surface area contributed by atoms with Gasteiger partial charge in [-0.15, -0.1) is 0 Å². The lowest BCUT2D eigenvalue weighted by Gasteiger charge is -2.35. The normalized spacial score (nSPS) is 14.8. The predicted octanol–water partition coefficient (Wildman–Crippen LogP) is 4.07. The van der Waals surface area contributed by atoms with Gasteiger partial charge in [0.25, 0.3) is 5.56 Å². The van der Waals surface area contributed by atoms with Crippen LogP contribution >= 0.6 is 0 Å². The van der Waals surface area contributed by atoms with Crippen LogP contribution in [0.1, 0.15) is 29.5 Å². The third-order valence-electron chi connectivity index (χ3n) is 5.69. The molecule has 0 radical (unpaired) electrons. The standard InChI is InChI=1S/C24H25N3O2/c1-16-5-4-6-19(13-16)29-18-9-11-27(12-10-18)23-20-14-17(2)7-8-22(20)26(3)24(28)21(23)15-25/h4-8,13-14,18H,9-12H2,1-3H3. The number of nitriles is 1. The molecule has 148 valence electrons. The molecule has 2 aromatic carbocycles. The van der Waals surface area contributed by atoms with Gasteiger partial charge in [-0.25, -0.2) is 0 Å². The van der Waals surface area contributed by atoms with E-state index in [1.807, 2.05) is 31.2 Å². The molecule has 0 spiro atoms. The number of rotatable bonds is 3. The number of aromatic nitrogens is 1. The number of hydrogen-bond acceptors (Lipinski definition) is 4. The maximum Gasteiger partial charge on any atom is 0.270 e. The molecule has 0 bridgehead atoms. The third-order valence-corrected chi connectivity index (χ3v) is 5.69. The molecule has 1 saturated heterocycles. The molecule has 5 heteroatoms. The molecule has 0 N–H and O–H groups in total. The SMILES string of the molecule is Cc1cccc(OC2CCN(c3c(C#N)c(=O)n(C)c4ccc(C)cc34)CC2)c1. The van der Waals surface area contributed by atoms with Gasteiger partial charge in [-0.1, -0.05) is 23.8 Å². The van der Waals surface area contributed by atoms with E-state index in [2.05, 4.69) is 36.1 Å². The molecule has 5 nitrogen and oxygen atoms in total. The van der Waals surface area contributed by atoms with Crippen molar-refractivity contribution in [2.45, 2.75) is 32.8 Å². The van der Waals surface area contributed by atoms with Crippen molar-refractivity contribution in [3.8, 4) is 11.8 Å². The molecule has 1 aromatic heterocycles. The molecule has 1 aliphatic heterocycles. The Morgan fingerprint density at radius 3 is 2.48 bits per heavy atom. The summed E-state index contributed by atoms with van der Waals surface area (Å²) < 4.78 is 7.74. The van der Waals surface area contributed by atoms with Gasteiger partial charge in [-0.3, -0.25) is 4.79 Å². The molecule has 0 aliphatic carbocycles. The largest absolute Gasteiger partial charge is 0.490 e. The fourth-order valence-electron chi connectivity index (χ4n) is 4.15. The van der Waals surface area contributed by atoms with Crippen molar-refractivity contribution in [2.24, 2.45) is 7.05 Å². The molecule has 0 atom stereocenters. The number of fused-ring (bicyclic) bond motifs is 1. The second-order valence-corrected chi connectivity index (χ2v) is 7.84. The van der Waals surface area contributed by atoms with Gasteiger partial charge in [0, 0.05) is 38.4 Å². The van der Waals surface area contributed by atoms with E-state index >= 15 is 0 Å². The Morgan fingerprint density at radius 1 is 1.07 bits per heavy atom. The fraction of sp³-hybridized carbons (Fsp3) is 0.333. The molecule has 4 rings (SSSR count). The summed E-state index contributed by atoms with van der Waals surface area (Å²) >= 11 is 0. The van der Waals surface area contributed by atoms with Crippen molar-refractivity contribution >= 4 is 16.6 Å². The summed E-state index contributed by atoms with van der Waals surface area (Å²) in [5.74, 6) is 0.899. The summed E-state index contributed by atoms with van der Waals surface area (Å²) in [6.07, 6.45) is 1.83. The summed E-state index contributed by atoms with van der Waals surface area (Å²) in [5, 5.41) is 10.7. The van der Waals surface area contributed by atoms with Crippen molar-refractivity contribution in [3.63, 3.8) is 0 Å². The quantitative estimate of drug-likeness (QED) is 0.680. The lowest BCUT2D eigenvalue weighted by atomic mass is 10.0. The van der Waals surface area contributed by atoms with Crippen LogP contribution in [0.15, 0.2) is 47.3 Å². The zero-order valence-electron chi connectivity index (χ0n) is 17.1. The molecule has 29 heavy (non-hydrogen) atoms.